The van der Waals surface area contributed by atoms with E-state index in [0.29, 0.717) is 82.4 Å². The van der Waals surface area contributed by atoms with Crippen LogP contribution in [0.25, 0.3) is 0 Å². The molecule has 1 saturated heterocycles. The van der Waals surface area contributed by atoms with Gasteiger partial charge in [-0.3, -0.25) is 76.8 Å². The molecule has 2 rings (SSSR count). The normalized spacial score (nSPS) is 13.8. The first-order valence-corrected chi connectivity index (χ1v) is 31.7. The number of imide groups is 2. The maximum Gasteiger partial charge on any atom is 0.334 e. The van der Waals surface area contributed by atoms with Gasteiger partial charge < -0.3 is 71.3 Å². The summed E-state index contributed by atoms with van der Waals surface area (Å²) in [6.07, 6.45) is 6.19. The zero-order valence-electron chi connectivity index (χ0n) is 55.5. The molecule has 7 N–H and O–H groups in total. The standard InChI is InChI=1S/C61H100N14O18/c1-69(2)38-43(76)19-11-9-13-21-46(67-49(79)40-71(5)6)59(89)63-31-17-34-73(35-18-32-64-60(90)47(68-50(80)41-72(7)8)22-14-10-12-20-44(77)39-70(3)4)56(86)37-58(88)92-42-51(81)62-30-16-15-23-45(66-48(78)29-36-74-52(82)24-25-53(74)83)61(91)65-33-28-57(87)93-75-54(84)26-27-55(75)85/h24-25,45-47H,9-23,26-42H2,1-8H3,(H,62,81)(H,63,89)(H,64,90)(H,65,91)(H,66,78)(H,67,79)(H,68,80)/t45-,46-,47-/m0/s1. The third-order valence-corrected chi connectivity index (χ3v) is 14.1. The van der Waals surface area contributed by atoms with E-state index in [0.717, 1.165) is 17.1 Å². The van der Waals surface area contributed by atoms with Gasteiger partial charge in [-0.25, -0.2) is 4.79 Å². The number of ether oxygens (including phenoxy) is 1. The predicted molar refractivity (Wildman–Crippen MR) is 336 cm³/mol. The summed E-state index contributed by atoms with van der Waals surface area (Å²) in [5.41, 5.74) is 0. The molecule has 3 atom stereocenters. The summed E-state index contributed by atoms with van der Waals surface area (Å²) >= 11 is 0. The van der Waals surface area contributed by atoms with E-state index in [1.54, 1.807) is 47.8 Å². The maximum absolute atomic E-state index is 13.8. The molecule has 12 amide bonds. The second-order valence-electron chi connectivity index (χ2n) is 23.9. The van der Waals surface area contributed by atoms with Gasteiger partial charge in [0, 0.05) is 90.1 Å². The number of likely N-dealkylation sites (N-methyl/N-ethyl adjacent to an activating group) is 4. The van der Waals surface area contributed by atoms with E-state index < -0.39 is 109 Å². The van der Waals surface area contributed by atoms with Crippen LogP contribution in [0.4, 0.5) is 0 Å². The number of amides is 12. The van der Waals surface area contributed by atoms with E-state index >= 15 is 0 Å². The number of ketones is 2. The number of hydroxylamine groups is 2. The summed E-state index contributed by atoms with van der Waals surface area (Å²) in [4.78, 5) is 217. The van der Waals surface area contributed by atoms with Crippen molar-refractivity contribution in [3.8, 4) is 0 Å². The first kappa shape index (κ1) is 81.0. The first-order chi connectivity index (χ1) is 44.0. The average Bonchev–Trinajstić information content (AvgIpc) is 1.99. The van der Waals surface area contributed by atoms with Crippen molar-refractivity contribution in [1.29, 1.82) is 0 Å². The predicted octanol–water partition coefficient (Wildman–Crippen LogP) is -2.78. The molecule has 2 aliphatic heterocycles. The molecular formula is C61H100N14O18. The quantitative estimate of drug-likeness (QED) is 0.0140. The smallest absolute Gasteiger partial charge is 0.334 e. The fourth-order valence-corrected chi connectivity index (χ4v) is 9.52. The number of carbonyl (C=O) groups is 16. The van der Waals surface area contributed by atoms with Crippen LogP contribution < -0.4 is 37.2 Å². The number of nitrogens with zero attached hydrogens (tertiary/aromatic N) is 7. The van der Waals surface area contributed by atoms with Crippen molar-refractivity contribution < 1.29 is 86.3 Å². The molecule has 0 aliphatic carbocycles. The lowest BCUT2D eigenvalue weighted by Crippen LogP contribution is -2.49. The van der Waals surface area contributed by atoms with Crippen LogP contribution in [0.5, 0.6) is 0 Å². The second kappa shape index (κ2) is 45.2. The summed E-state index contributed by atoms with van der Waals surface area (Å²) < 4.78 is 5.15. The number of hydrogen-bond donors (Lipinski definition) is 7. The van der Waals surface area contributed by atoms with E-state index in [-0.39, 0.29) is 134 Å². The lowest BCUT2D eigenvalue weighted by Gasteiger charge is -2.24. The number of unbranched alkanes of at least 4 members (excludes halogenated alkanes) is 5. The Morgan fingerprint density at radius 2 is 0.871 bits per heavy atom. The van der Waals surface area contributed by atoms with Crippen LogP contribution in [0.15, 0.2) is 12.2 Å². The second-order valence-corrected chi connectivity index (χ2v) is 23.9. The number of hydrogen-bond acceptors (Lipinski definition) is 22. The van der Waals surface area contributed by atoms with E-state index in [9.17, 15) is 76.7 Å². The number of esters is 1. The van der Waals surface area contributed by atoms with Gasteiger partial charge in [0.05, 0.1) is 32.6 Å². The Balaban J connectivity index is 2.09. The van der Waals surface area contributed by atoms with E-state index in [4.69, 9.17) is 9.57 Å². The summed E-state index contributed by atoms with van der Waals surface area (Å²) in [6.45, 7) is -0.458. The zero-order chi connectivity index (χ0) is 69.4. The number of rotatable bonds is 50. The highest BCUT2D eigenvalue weighted by Crippen LogP contribution is 2.14. The average molecular weight is 1320 g/mol. The molecule has 0 bridgehead atoms. The third kappa shape index (κ3) is 36.7. The molecule has 0 unspecified atom stereocenters. The number of nitrogens with one attached hydrogen (secondary N) is 7. The highest BCUT2D eigenvalue weighted by molar-refractivity contribution is 6.13. The van der Waals surface area contributed by atoms with Crippen LogP contribution >= 0.6 is 0 Å². The van der Waals surface area contributed by atoms with Crippen molar-refractivity contribution in [1.82, 2.24) is 71.7 Å². The molecule has 1 fully saturated rings. The molecular weight excluding hydrogens is 1220 g/mol. The van der Waals surface area contributed by atoms with Gasteiger partial charge in [0.15, 0.2) is 6.61 Å². The molecule has 522 valence electrons. The molecule has 32 nitrogen and oxygen atoms in total. The van der Waals surface area contributed by atoms with Gasteiger partial charge in [0.1, 0.15) is 36.1 Å². The maximum atomic E-state index is 13.8. The van der Waals surface area contributed by atoms with Crippen LogP contribution in [0.2, 0.25) is 0 Å². The fraction of sp³-hybridized carbons (Fsp3) is 0.705. The minimum absolute atomic E-state index is 0.00113. The molecule has 2 aliphatic rings. The van der Waals surface area contributed by atoms with E-state index in [1.165, 1.54) is 4.90 Å². The monoisotopic (exact) mass is 1320 g/mol. The SMILES string of the molecule is CN(C)CC(=O)CCCCC[C@H](NC(=O)CN(C)C)C(=O)NCCCN(CCCNC(=O)[C@H](CCCCCC(=O)CN(C)C)NC(=O)CN(C)C)C(=O)CC(=O)OCC(=O)NCCCC[C@H](NC(=O)CCN1C(=O)C=CC1=O)C(=O)NCCC(=O)ON1C(=O)CCC1=O. The lowest BCUT2D eigenvalue weighted by molar-refractivity contribution is -0.197. The van der Waals surface area contributed by atoms with Gasteiger partial charge >= 0.3 is 11.9 Å². The molecule has 0 saturated carbocycles. The van der Waals surface area contributed by atoms with Crippen LogP contribution in [0, 0.1) is 0 Å². The van der Waals surface area contributed by atoms with Gasteiger partial charge in [0.2, 0.25) is 41.4 Å². The van der Waals surface area contributed by atoms with Crippen molar-refractivity contribution in [2.24, 2.45) is 0 Å². The third-order valence-electron chi connectivity index (χ3n) is 14.1. The van der Waals surface area contributed by atoms with Crippen molar-refractivity contribution in [3.05, 3.63) is 12.2 Å². The Bertz CT molecular complexity index is 2480. The van der Waals surface area contributed by atoms with Gasteiger partial charge in [-0.1, -0.05) is 25.7 Å². The van der Waals surface area contributed by atoms with Crippen LogP contribution in [0.3, 0.4) is 0 Å². The first-order valence-electron chi connectivity index (χ1n) is 31.7. The Morgan fingerprint density at radius 1 is 0.452 bits per heavy atom. The van der Waals surface area contributed by atoms with Crippen LogP contribution in [-0.2, 0) is 86.3 Å². The van der Waals surface area contributed by atoms with E-state index in [2.05, 4.69) is 37.2 Å². The molecule has 32 heteroatoms. The fourth-order valence-electron chi connectivity index (χ4n) is 9.52. The van der Waals surface area contributed by atoms with Gasteiger partial charge in [0.25, 0.3) is 29.5 Å². The summed E-state index contributed by atoms with van der Waals surface area (Å²) in [6, 6.07) is -2.97. The Hall–Kier alpha value is -8.10. The summed E-state index contributed by atoms with van der Waals surface area (Å²) in [5, 5.41) is 19.2. The largest absolute Gasteiger partial charge is 0.455 e. The molecule has 0 spiro atoms. The molecule has 0 aromatic rings. The molecule has 2 heterocycles. The van der Waals surface area contributed by atoms with Gasteiger partial charge in [-0.15, -0.1) is 5.06 Å². The molecule has 93 heavy (non-hydrogen) atoms. The van der Waals surface area contributed by atoms with Crippen molar-refractivity contribution >= 4 is 94.4 Å². The highest BCUT2D eigenvalue weighted by atomic mass is 16.7. The Labute approximate surface area is 544 Å². The topological polar surface area (TPSA) is 398 Å². The summed E-state index contributed by atoms with van der Waals surface area (Å²) in [5.74, 6) is -8.89. The van der Waals surface area contributed by atoms with Gasteiger partial charge in [-0.05, 0) is 114 Å². The summed E-state index contributed by atoms with van der Waals surface area (Å²) in [7, 11) is 14.1. The van der Waals surface area contributed by atoms with Crippen molar-refractivity contribution in [2.75, 3.05) is 135 Å². The minimum Gasteiger partial charge on any atom is -0.455 e. The highest BCUT2D eigenvalue weighted by Gasteiger charge is 2.33. The molecule has 0 aromatic carbocycles. The lowest BCUT2D eigenvalue weighted by atomic mass is 10.0. The zero-order valence-corrected chi connectivity index (χ0v) is 55.5. The number of Topliss-reactive ketones (excluding diaryl/α,β-unsaturated/α-hetero) is 2. The van der Waals surface area contributed by atoms with Crippen molar-refractivity contribution in [3.63, 3.8) is 0 Å². The van der Waals surface area contributed by atoms with Gasteiger partial charge in [-0.2, -0.15) is 0 Å². The van der Waals surface area contributed by atoms with Crippen molar-refractivity contribution in [2.45, 2.75) is 147 Å². The van der Waals surface area contributed by atoms with Crippen LogP contribution in [0.1, 0.15) is 128 Å². The Kier molecular flexibility index (Phi) is 39.4. The van der Waals surface area contributed by atoms with Crippen LogP contribution in [-0.4, -0.2) is 282 Å². The van der Waals surface area contributed by atoms with E-state index in [1.807, 2.05) is 28.2 Å². The Morgan fingerprint density at radius 3 is 1.32 bits per heavy atom. The number of carbonyl (C=O) groups excluding carboxylic acids is 16. The molecule has 0 radical (unpaired) electrons. The minimum atomic E-state index is -1.20. The molecule has 0 aromatic heterocycles.